The number of carboxylic acids is 1. The highest BCUT2D eigenvalue weighted by Gasteiger charge is 2.13. The van der Waals surface area contributed by atoms with E-state index in [1.54, 1.807) is 5.92 Å². The van der Waals surface area contributed by atoms with Crippen molar-refractivity contribution in [2.24, 2.45) is 0 Å². The number of carboxylic acid groups (broad SMARTS) is 1. The molecule has 0 aliphatic rings. The molecule has 0 fully saturated rings. The maximum atomic E-state index is 12.0. The first kappa shape index (κ1) is 13.4. The van der Waals surface area contributed by atoms with Crippen molar-refractivity contribution in [3.8, 4) is 17.6 Å². The van der Waals surface area contributed by atoms with Gasteiger partial charge in [0.2, 0.25) is 0 Å². The second-order valence-corrected chi connectivity index (χ2v) is 2.87. The van der Waals surface area contributed by atoms with Crippen LogP contribution >= 0.6 is 0 Å². The Morgan fingerprint density at radius 2 is 2.17 bits per heavy atom. The fourth-order valence-electron chi connectivity index (χ4n) is 1.05. The number of carbonyl (C=O) groups is 1. The second kappa shape index (κ2) is 5.58. The van der Waals surface area contributed by atoms with E-state index in [1.165, 1.54) is 0 Å². The molecule has 0 radical (unpaired) electrons. The van der Waals surface area contributed by atoms with Crippen LogP contribution in [0.5, 0.6) is 5.75 Å². The van der Waals surface area contributed by atoms with E-state index in [0.29, 0.717) is 0 Å². The number of ether oxygens (including phenoxy) is 1. The van der Waals surface area contributed by atoms with E-state index in [1.807, 2.05) is 5.92 Å². The lowest BCUT2D eigenvalue weighted by Gasteiger charge is -2.06. The van der Waals surface area contributed by atoms with Gasteiger partial charge in [0.1, 0.15) is 5.75 Å². The van der Waals surface area contributed by atoms with Crippen LogP contribution in [0.2, 0.25) is 0 Å². The molecule has 8 heteroatoms. The molecular formula is C10H5F2NO5. The van der Waals surface area contributed by atoms with Gasteiger partial charge >= 0.3 is 12.6 Å². The number of benzene rings is 1. The molecule has 0 saturated heterocycles. The zero-order valence-corrected chi connectivity index (χ0v) is 8.59. The molecule has 1 aromatic rings. The van der Waals surface area contributed by atoms with Gasteiger partial charge in [0.25, 0.3) is 5.69 Å². The third kappa shape index (κ3) is 3.71. The molecule has 0 aromatic heterocycles. The van der Waals surface area contributed by atoms with Gasteiger partial charge in [-0.25, -0.2) is 4.79 Å². The minimum absolute atomic E-state index is 0.299. The van der Waals surface area contributed by atoms with Crippen LogP contribution in [0.1, 0.15) is 5.56 Å². The Labute approximate surface area is 98.9 Å². The maximum absolute atomic E-state index is 12.0. The van der Waals surface area contributed by atoms with Crippen LogP contribution in [-0.4, -0.2) is 22.6 Å². The largest absolute Gasteiger partial charge is 0.472 e. The minimum atomic E-state index is -3.14. The molecular weight excluding hydrogens is 252 g/mol. The third-order valence-corrected chi connectivity index (χ3v) is 1.69. The lowest BCUT2D eigenvalue weighted by molar-refractivity contribution is -0.384. The second-order valence-electron chi connectivity index (χ2n) is 2.87. The van der Waals surface area contributed by atoms with Gasteiger partial charge in [-0.05, 0) is 6.07 Å². The summed E-state index contributed by atoms with van der Waals surface area (Å²) in [4.78, 5) is 19.9. The first-order valence-corrected chi connectivity index (χ1v) is 4.38. The molecule has 1 aromatic carbocycles. The van der Waals surface area contributed by atoms with Crippen LogP contribution in [0.3, 0.4) is 0 Å². The van der Waals surface area contributed by atoms with Gasteiger partial charge < -0.3 is 9.84 Å². The highest BCUT2D eigenvalue weighted by Crippen LogP contribution is 2.24. The number of hydrogen-bond donors (Lipinski definition) is 1. The zero-order valence-electron chi connectivity index (χ0n) is 8.59. The number of rotatable bonds is 3. The van der Waals surface area contributed by atoms with Crippen LogP contribution in [0, 0.1) is 22.0 Å². The number of halogens is 2. The summed E-state index contributed by atoms with van der Waals surface area (Å²) in [6, 6.07) is 2.73. The van der Waals surface area contributed by atoms with Gasteiger partial charge in [0, 0.05) is 18.1 Å². The molecule has 0 atom stereocenters. The molecule has 6 nitrogen and oxygen atoms in total. The van der Waals surface area contributed by atoms with E-state index in [0.717, 1.165) is 18.2 Å². The summed E-state index contributed by atoms with van der Waals surface area (Å²) in [6.07, 6.45) is 0. The highest BCUT2D eigenvalue weighted by molar-refractivity contribution is 5.87. The van der Waals surface area contributed by atoms with E-state index in [2.05, 4.69) is 4.74 Å². The van der Waals surface area contributed by atoms with Gasteiger partial charge in [0.15, 0.2) is 0 Å². The summed E-state index contributed by atoms with van der Waals surface area (Å²) in [5, 5.41) is 18.8. The smallest absolute Gasteiger partial charge is 0.387 e. The van der Waals surface area contributed by atoms with Gasteiger partial charge in [-0.3, -0.25) is 10.1 Å². The number of nitro benzene ring substituents is 1. The Kier molecular flexibility index (Phi) is 4.15. The van der Waals surface area contributed by atoms with Gasteiger partial charge in [0.05, 0.1) is 10.5 Å². The van der Waals surface area contributed by atoms with Crippen molar-refractivity contribution in [1.82, 2.24) is 0 Å². The standard InChI is InChI=1S/C10H5F2NO5/c11-10(12)18-8-3-2-7(13(16)17)5-6(8)1-4-9(14)15/h2-3,5,10H,(H,14,15). The van der Waals surface area contributed by atoms with E-state index in [4.69, 9.17) is 5.11 Å². The van der Waals surface area contributed by atoms with Crippen LogP contribution in [0.15, 0.2) is 18.2 Å². The van der Waals surface area contributed by atoms with Gasteiger partial charge in [-0.15, -0.1) is 0 Å². The third-order valence-electron chi connectivity index (χ3n) is 1.69. The number of aliphatic carboxylic acids is 1. The van der Waals surface area contributed by atoms with Crippen LogP contribution in [-0.2, 0) is 4.79 Å². The fourth-order valence-corrected chi connectivity index (χ4v) is 1.05. The van der Waals surface area contributed by atoms with Crippen molar-refractivity contribution in [3.63, 3.8) is 0 Å². The molecule has 0 aliphatic carbocycles. The Morgan fingerprint density at radius 1 is 1.50 bits per heavy atom. The molecule has 94 valence electrons. The predicted octanol–water partition coefficient (Wildman–Crippen LogP) is 1.63. The topological polar surface area (TPSA) is 89.7 Å². The predicted molar refractivity (Wildman–Crippen MR) is 54.2 cm³/mol. The van der Waals surface area contributed by atoms with Crippen molar-refractivity contribution in [3.05, 3.63) is 33.9 Å². The summed E-state index contributed by atoms with van der Waals surface area (Å²) < 4.78 is 28.1. The molecule has 1 rings (SSSR count). The molecule has 0 heterocycles. The maximum Gasteiger partial charge on any atom is 0.387 e. The van der Waals surface area contributed by atoms with Crippen LogP contribution < -0.4 is 4.74 Å². The van der Waals surface area contributed by atoms with Gasteiger partial charge in [-0.1, -0.05) is 5.92 Å². The average Bonchev–Trinajstić information content (AvgIpc) is 2.26. The Hall–Kier alpha value is -2.69. The van der Waals surface area contributed by atoms with Crippen molar-refractivity contribution >= 4 is 11.7 Å². The summed E-state index contributed by atoms with van der Waals surface area (Å²) >= 11 is 0. The van der Waals surface area contributed by atoms with Crippen molar-refractivity contribution in [2.75, 3.05) is 0 Å². The van der Waals surface area contributed by atoms with Gasteiger partial charge in [-0.2, -0.15) is 8.78 Å². The summed E-state index contributed by atoms with van der Waals surface area (Å²) in [7, 11) is 0. The molecule has 0 amide bonds. The van der Waals surface area contributed by atoms with Crippen LogP contribution in [0.25, 0.3) is 0 Å². The van der Waals surface area contributed by atoms with E-state index < -0.39 is 28.9 Å². The molecule has 0 spiro atoms. The summed E-state index contributed by atoms with van der Waals surface area (Å²) in [6.45, 7) is -3.14. The zero-order chi connectivity index (χ0) is 13.7. The molecule has 0 aliphatic heterocycles. The van der Waals surface area contributed by atoms with E-state index in [-0.39, 0.29) is 5.56 Å². The monoisotopic (exact) mass is 257 g/mol. The molecule has 18 heavy (non-hydrogen) atoms. The Morgan fingerprint density at radius 3 is 2.67 bits per heavy atom. The van der Waals surface area contributed by atoms with E-state index in [9.17, 15) is 23.7 Å². The quantitative estimate of drug-likeness (QED) is 0.505. The number of hydrogen-bond acceptors (Lipinski definition) is 4. The number of nitrogens with zero attached hydrogens (tertiary/aromatic N) is 1. The lowest BCUT2D eigenvalue weighted by atomic mass is 10.2. The molecule has 1 N–H and O–H groups in total. The Balaban J connectivity index is 3.23. The minimum Gasteiger partial charge on any atom is -0.472 e. The molecule has 0 saturated carbocycles. The Bertz CT molecular complexity index is 547. The van der Waals surface area contributed by atoms with E-state index >= 15 is 0 Å². The number of non-ortho nitro benzene ring substituents is 1. The average molecular weight is 257 g/mol. The molecule has 0 bridgehead atoms. The molecule has 0 unspecified atom stereocenters. The van der Waals surface area contributed by atoms with Crippen LogP contribution in [0.4, 0.5) is 14.5 Å². The van der Waals surface area contributed by atoms with Crippen molar-refractivity contribution in [1.29, 1.82) is 0 Å². The summed E-state index contributed by atoms with van der Waals surface area (Å²) in [5.41, 5.74) is -0.710. The fraction of sp³-hybridized carbons (Fsp3) is 0.100. The van der Waals surface area contributed by atoms with Crippen molar-refractivity contribution in [2.45, 2.75) is 6.61 Å². The van der Waals surface area contributed by atoms with Crippen molar-refractivity contribution < 1.29 is 28.3 Å². The lowest BCUT2D eigenvalue weighted by Crippen LogP contribution is -2.04. The number of nitro groups is 1. The SMILES string of the molecule is O=C(O)C#Cc1cc([N+](=O)[O-])ccc1OC(F)F. The summed E-state index contributed by atoms with van der Waals surface area (Å²) in [5.74, 6) is 1.74. The highest BCUT2D eigenvalue weighted by atomic mass is 19.3. The number of alkyl halides is 2. The first-order valence-electron chi connectivity index (χ1n) is 4.38. The normalized spacial score (nSPS) is 9.50. The first-order chi connectivity index (χ1) is 8.40.